The topological polar surface area (TPSA) is 46.3 Å². The number of nitrogens with zero attached hydrogens (tertiary/aromatic N) is 1. The van der Waals surface area contributed by atoms with Crippen LogP contribution in [0.4, 0.5) is 0 Å². The van der Waals surface area contributed by atoms with Gasteiger partial charge in [0.25, 0.3) is 0 Å². The van der Waals surface area contributed by atoms with E-state index in [0.29, 0.717) is 22.8 Å². The third-order valence-corrected chi connectivity index (χ3v) is 5.98. The summed E-state index contributed by atoms with van der Waals surface area (Å²) in [6, 6.07) is 0. The maximum Gasteiger partial charge on any atom is 0.231 e. The van der Waals surface area contributed by atoms with Gasteiger partial charge < -0.3 is 5.73 Å². The van der Waals surface area contributed by atoms with Gasteiger partial charge in [-0.25, -0.2) is 0 Å². The van der Waals surface area contributed by atoms with E-state index in [9.17, 15) is 4.79 Å². The number of amides is 1. The molecule has 2 fully saturated rings. The third-order valence-electron chi connectivity index (χ3n) is 5.98. The lowest BCUT2D eigenvalue weighted by Gasteiger charge is -2.34. The highest BCUT2D eigenvalue weighted by molar-refractivity contribution is 5.75. The van der Waals surface area contributed by atoms with Gasteiger partial charge in [0.15, 0.2) is 0 Å². The first kappa shape index (κ1) is 11.9. The van der Waals surface area contributed by atoms with Crippen molar-refractivity contribution >= 4 is 5.91 Å². The first-order chi connectivity index (χ1) is 7.24. The fraction of sp³-hybridized carbons (Fsp3) is 0.923. The summed E-state index contributed by atoms with van der Waals surface area (Å²) < 4.78 is 0. The van der Waals surface area contributed by atoms with Gasteiger partial charge in [0.1, 0.15) is 0 Å². The van der Waals surface area contributed by atoms with Crippen LogP contribution in [-0.4, -0.2) is 30.4 Å². The third kappa shape index (κ3) is 1.27. The van der Waals surface area contributed by atoms with Gasteiger partial charge in [-0.05, 0) is 42.2 Å². The van der Waals surface area contributed by atoms with E-state index in [1.807, 2.05) is 0 Å². The summed E-state index contributed by atoms with van der Waals surface area (Å²) in [5.74, 6) is -0.203. The molecule has 0 atom stereocenters. The number of carbonyl (C=O) groups is 1. The van der Waals surface area contributed by atoms with Crippen LogP contribution in [0.5, 0.6) is 0 Å². The number of rotatable bonds is 2. The van der Waals surface area contributed by atoms with Crippen LogP contribution in [0.3, 0.4) is 0 Å². The molecule has 1 spiro atoms. The van der Waals surface area contributed by atoms with E-state index in [1.165, 1.54) is 12.8 Å². The number of primary amides is 1. The summed E-state index contributed by atoms with van der Waals surface area (Å²) in [4.78, 5) is 13.1. The molecule has 3 nitrogen and oxygen atoms in total. The second-order valence-corrected chi connectivity index (χ2v) is 6.57. The molecule has 1 saturated heterocycles. The summed E-state index contributed by atoms with van der Waals surface area (Å²) >= 11 is 0. The van der Waals surface area contributed by atoms with E-state index < -0.39 is 0 Å². The van der Waals surface area contributed by atoms with Gasteiger partial charge in [0.05, 0.1) is 6.54 Å². The molecule has 0 bridgehead atoms. The first-order valence-corrected chi connectivity index (χ1v) is 6.25. The zero-order valence-corrected chi connectivity index (χ0v) is 11.0. The highest BCUT2D eigenvalue weighted by Crippen LogP contribution is 2.81. The summed E-state index contributed by atoms with van der Waals surface area (Å²) in [5.41, 5.74) is 6.61. The smallest absolute Gasteiger partial charge is 0.231 e. The Hall–Kier alpha value is -0.570. The van der Waals surface area contributed by atoms with Gasteiger partial charge in [-0.3, -0.25) is 9.69 Å². The maximum absolute atomic E-state index is 10.9. The Balaban J connectivity index is 1.99. The summed E-state index contributed by atoms with van der Waals surface area (Å²) in [7, 11) is 0. The molecule has 0 aromatic carbocycles. The van der Waals surface area contributed by atoms with E-state index in [4.69, 9.17) is 5.73 Å². The van der Waals surface area contributed by atoms with Crippen LogP contribution in [-0.2, 0) is 4.79 Å². The molecule has 1 amide bonds. The van der Waals surface area contributed by atoms with E-state index in [0.717, 1.165) is 13.1 Å². The molecule has 0 aromatic rings. The molecule has 1 aliphatic heterocycles. The van der Waals surface area contributed by atoms with Crippen LogP contribution >= 0.6 is 0 Å². The van der Waals surface area contributed by atoms with Crippen LogP contribution in [0.15, 0.2) is 0 Å². The van der Waals surface area contributed by atoms with Crippen molar-refractivity contribution in [3.05, 3.63) is 0 Å². The van der Waals surface area contributed by atoms with Crippen molar-refractivity contribution in [1.82, 2.24) is 4.90 Å². The lowest BCUT2D eigenvalue weighted by Crippen LogP contribution is -2.41. The Morgan fingerprint density at radius 1 is 1.12 bits per heavy atom. The molecule has 1 heterocycles. The maximum atomic E-state index is 10.9. The molecule has 2 rings (SSSR count). The lowest BCUT2D eigenvalue weighted by atomic mass is 9.84. The van der Waals surface area contributed by atoms with Gasteiger partial charge in [0, 0.05) is 0 Å². The number of hydrogen-bond donors (Lipinski definition) is 1. The van der Waals surface area contributed by atoms with Crippen molar-refractivity contribution in [2.24, 2.45) is 22.0 Å². The molecule has 0 radical (unpaired) electrons. The van der Waals surface area contributed by atoms with E-state index >= 15 is 0 Å². The molecule has 0 aromatic heterocycles. The van der Waals surface area contributed by atoms with Crippen LogP contribution in [0, 0.1) is 16.2 Å². The lowest BCUT2D eigenvalue weighted by molar-refractivity contribution is -0.119. The van der Waals surface area contributed by atoms with Gasteiger partial charge in [0.2, 0.25) is 5.91 Å². The minimum Gasteiger partial charge on any atom is -0.369 e. The summed E-state index contributed by atoms with van der Waals surface area (Å²) in [5, 5.41) is 0. The molecular formula is C13H24N2O. The average Bonchev–Trinajstić information content (AvgIpc) is 2.47. The summed E-state index contributed by atoms with van der Waals surface area (Å²) in [6.45, 7) is 12.0. The quantitative estimate of drug-likeness (QED) is 0.774. The summed E-state index contributed by atoms with van der Waals surface area (Å²) in [6.07, 6.45) is 2.42. The standard InChI is InChI=1S/C13H24N2O/c1-11(2)12(3,4)13(11)5-7-15(8-6-13)9-10(14)16/h5-9H2,1-4H3,(H2,14,16). The van der Waals surface area contributed by atoms with Crippen molar-refractivity contribution in [1.29, 1.82) is 0 Å². The Morgan fingerprint density at radius 2 is 1.56 bits per heavy atom. The fourth-order valence-electron chi connectivity index (χ4n) is 4.11. The molecule has 0 unspecified atom stereocenters. The van der Waals surface area contributed by atoms with Crippen LogP contribution < -0.4 is 5.73 Å². The normalized spacial score (nSPS) is 30.2. The molecule has 2 N–H and O–H groups in total. The molecule has 2 aliphatic rings. The highest BCUT2D eigenvalue weighted by atomic mass is 16.1. The van der Waals surface area contributed by atoms with Crippen molar-refractivity contribution in [3.8, 4) is 0 Å². The largest absolute Gasteiger partial charge is 0.369 e. The van der Waals surface area contributed by atoms with Crippen molar-refractivity contribution in [2.45, 2.75) is 40.5 Å². The first-order valence-electron chi connectivity index (χ1n) is 6.25. The van der Waals surface area contributed by atoms with Crippen LogP contribution in [0.2, 0.25) is 0 Å². The molecule has 3 heteroatoms. The molecule has 92 valence electrons. The van der Waals surface area contributed by atoms with E-state index in [2.05, 4.69) is 32.6 Å². The number of hydrogen-bond acceptors (Lipinski definition) is 2. The van der Waals surface area contributed by atoms with Crippen LogP contribution in [0.25, 0.3) is 0 Å². The minimum absolute atomic E-state index is 0.203. The minimum atomic E-state index is -0.203. The molecule has 1 saturated carbocycles. The Labute approximate surface area is 98.4 Å². The zero-order chi connectivity index (χ0) is 12.2. The number of likely N-dealkylation sites (tertiary alicyclic amines) is 1. The van der Waals surface area contributed by atoms with Crippen LogP contribution in [0.1, 0.15) is 40.5 Å². The van der Waals surface area contributed by atoms with Gasteiger partial charge >= 0.3 is 0 Å². The predicted molar refractivity (Wildman–Crippen MR) is 64.9 cm³/mol. The number of piperidine rings is 1. The molecule has 16 heavy (non-hydrogen) atoms. The Morgan fingerprint density at radius 3 is 1.88 bits per heavy atom. The van der Waals surface area contributed by atoms with E-state index in [1.54, 1.807) is 0 Å². The van der Waals surface area contributed by atoms with Gasteiger partial charge in [-0.15, -0.1) is 0 Å². The monoisotopic (exact) mass is 224 g/mol. The second-order valence-electron chi connectivity index (χ2n) is 6.57. The molecular weight excluding hydrogens is 200 g/mol. The van der Waals surface area contributed by atoms with Gasteiger partial charge in [-0.1, -0.05) is 27.7 Å². The molecule has 1 aliphatic carbocycles. The highest BCUT2D eigenvalue weighted by Gasteiger charge is 2.75. The van der Waals surface area contributed by atoms with Gasteiger partial charge in [-0.2, -0.15) is 0 Å². The second kappa shape index (κ2) is 3.22. The zero-order valence-electron chi connectivity index (χ0n) is 11.0. The number of nitrogens with two attached hydrogens (primary N) is 1. The van der Waals surface area contributed by atoms with E-state index in [-0.39, 0.29) is 5.91 Å². The predicted octanol–water partition coefficient (Wildman–Crippen LogP) is 1.62. The number of carbonyl (C=O) groups excluding carboxylic acids is 1. The Bertz CT molecular complexity index is 296. The van der Waals surface area contributed by atoms with Crippen molar-refractivity contribution in [2.75, 3.05) is 19.6 Å². The fourth-order valence-corrected chi connectivity index (χ4v) is 4.11. The van der Waals surface area contributed by atoms with Crippen molar-refractivity contribution in [3.63, 3.8) is 0 Å². The SMILES string of the molecule is CC1(C)C(C)(C)C12CCN(CC(N)=O)CC2. The van der Waals surface area contributed by atoms with Crippen molar-refractivity contribution < 1.29 is 4.79 Å². The average molecular weight is 224 g/mol. The Kier molecular flexibility index (Phi) is 2.40.